The first-order valence-corrected chi connectivity index (χ1v) is 17.1. The topological polar surface area (TPSA) is 16.4 Å². The molecule has 0 amide bonds. The van der Waals surface area contributed by atoms with E-state index in [4.69, 9.17) is 4.42 Å². The Morgan fingerprint density at radius 3 is 1.64 bits per heavy atom. The molecule has 9 aromatic carbocycles. The third-order valence-electron chi connectivity index (χ3n) is 10.0. The van der Waals surface area contributed by atoms with E-state index in [1.54, 1.807) is 0 Å². The van der Waals surface area contributed by atoms with Gasteiger partial charge in [0, 0.05) is 33.6 Å². The number of nitrogens with zero attached hydrogens (tertiary/aromatic N) is 1. The first-order valence-electron chi connectivity index (χ1n) is 17.1. The first kappa shape index (κ1) is 28.4. The molecule has 0 radical (unpaired) electrons. The molecule has 2 heteroatoms. The summed E-state index contributed by atoms with van der Waals surface area (Å²) in [5, 5.41) is 9.46. The molecular weight excluding hydrogens is 607 g/mol. The molecule has 1 heterocycles. The zero-order chi connectivity index (χ0) is 33.0. The maximum absolute atomic E-state index is 7.02. The van der Waals surface area contributed by atoms with Gasteiger partial charge in [-0.05, 0) is 79.5 Å². The second-order valence-electron chi connectivity index (χ2n) is 12.9. The molecule has 10 rings (SSSR count). The van der Waals surface area contributed by atoms with E-state index < -0.39 is 0 Å². The maximum Gasteiger partial charge on any atom is 0.143 e. The maximum atomic E-state index is 7.02. The van der Waals surface area contributed by atoms with Crippen LogP contribution >= 0.6 is 0 Å². The van der Waals surface area contributed by atoms with Gasteiger partial charge in [0.2, 0.25) is 0 Å². The van der Waals surface area contributed by atoms with Crippen LogP contribution in [0.3, 0.4) is 0 Å². The Kier molecular flexibility index (Phi) is 6.53. The summed E-state index contributed by atoms with van der Waals surface area (Å²) in [7, 11) is 0. The normalized spacial score (nSPS) is 11.6. The summed E-state index contributed by atoms with van der Waals surface area (Å²) in [4.78, 5) is 2.36. The minimum atomic E-state index is 0.865. The lowest BCUT2D eigenvalue weighted by molar-refractivity contribution is 0.673. The molecule has 0 saturated carbocycles. The van der Waals surface area contributed by atoms with E-state index in [-0.39, 0.29) is 0 Å². The average molecular weight is 638 g/mol. The van der Waals surface area contributed by atoms with Crippen molar-refractivity contribution in [2.75, 3.05) is 4.90 Å². The highest BCUT2D eigenvalue weighted by Crippen LogP contribution is 2.47. The highest BCUT2D eigenvalue weighted by molar-refractivity contribution is 6.32. The largest absolute Gasteiger partial charge is 0.455 e. The molecule has 0 atom stereocenters. The van der Waals surface area contributed by atoms with E-state index in [1.807, 2.05) is 0 Å². The minimum absolute atomic E-state index is 0.865. The molecule has 0 spiro atoms. The molecule has 0 aliphatic rings. The summed E-state index contributed by atoms with van der Waals surface area (Å²) in [6, 6.07) is 67.3. The van der Waals surface area contributed by atoms with Crippen LogP contribution in [-0.4, -0.2) is 0 Å². The van der Waals surface area contributed by atoms with Crippen LogP contribution in [0.5, 0.6) is 0 Å². The second-order valence-corrected chi connectivity index (χ2v) is 12.9. The van der Waals surface area contributed by atoms with Crippen molar-refractivity contribution < 1.29 is 4.42 Å². The van der Waals surface area contributed by atoms with Crippen molar-refractivity contribution in [2.45, 2.75) is 0 Å². The highest BCUT2D eigenvalue weighted by atomic mass is 16.3. The molecule has 50 heavy (non-hydrogen) atoms. The Labute approximate surface area is 290 Å². The van der Waals surface area contributed by atoms with Gasteiger partial charge < -0.3 is 9.32 Å². The number of rotatable bonds is 5. The number of furan rings is 1. The molecule has 0 fully saturated rings. The van der Waals surface area contributed by atoms with E-state index >= 15 is 0 Å². The SMILES string of the molecule is c1ccc(-c2ccc(N(c3ccc4ccccc4c3)c3cc(-c4ccccc4)c4c(c3)oc3c5ccccc5c5ccccc5c34)cc2)cc1. The fourth-order valence-corrected chi connectivity index (χ4v) is 7.68. The molecule has 0 N–H and O–H groups in total. The van der Waals surface area contributed by atoms with Crippen molar-refractivity contribution in [3.63, 3.8) is 0 Å². The van der Waals surface area contributed by atoms with Crippen molar-refractivity contribution in [3.05, 3.63) is 188 Å². The summed E-state index contributed by atoms with van der Waals surface area (Å²) >= 11 is 0. The van der Waals surface area contributed by atoms with Crippen molar-refractivity contribution in [1.82, 2.24) is 0 Å². The van der Waals surface area contributed by atoms with Gasteiger partial charge in [0.05, 0.1) is 5.69 Å². The fraction of sp³-hybridized carbons (Fsp3) is 0. The third kappa shape index (κ3) is 4.57. The smallest absolute Gasteiger partial charge is 0.143 e. The quantitative estimate of drug-likeness (QED) is 0.175. The molecule has 2 nitrogen and oxygen atoms in total. The number of fused-ring (bicyclic) bond motifs is 9. The van der Waals surface area contributed by atoms with Crippen molar-refractivity contribution >= 4 is 71.3 Å². The van der Waals surface area contributed by atoms with Crippen molar-refractivity contribution in [2.24, 2.45) is 0 Å². The lowest BCUT2D eigenvalue weighted by atomic mass is 9.93. The predicted molar refractivity (Wildman–Crippen MR) is 212 cm³/mol. The first-order chi connectivity index (χ1) is 24.8. The van der Waals surface area contributed by atoms with E-state index in [1.165, 1.54) is 38.1 Å². The zero-order valence-electron chi connectivity index (χ0n) is 27.3. The minimum Gasteiger partial charge on any atom is -0.455 e. The molecule has 0 aliphatic carbocycles. The molecule has 234 valence electrons. The molecule has 1 aromatic heterocycles. The van der Waals surface area contributed by atoms with E-state index in [0.29, 0.717) is 0 Å². The van der Waals surface area contributed by atoms with Gasteiger partial charge in [-0.2, -0.15) is 0 Å². The Hall–Kier alpha value is -6.64. The lowest BCUT2D eigenvalue weighted by Gasteiger charge is -2.27. The summed E-state index contributed by atoms with van der Waals surface area (Å²) in [5.41, 5.74) is 9.66. The van der Waals surface area contributed by atoms with Crippen molar-refractivity contribution in [1.29, 1.82) is 0 Å². The van der Waals surface area contributed by atoms with E-state index in [0.717, 1.165) is 55.5 Å². The average Bonchev–Trinajstić information content (AvgIpc) is 3.59. The summed E-state index contributed by atoms with van der Waals surface area (Å²) in [6.07, 6.45) is 0. The number of hydrogen-bond acceptors (Lipinski definition) is 2. The predicted octanol–water partition coefficient (Wildman–Crippen LogP) is 13.8. The van der Waals surface area contributed by atoms with Crippen molar-refractivity contribution in [3.8, 4) is 22.3 Å². The molecule has 0 aliphatic heterocycles. The molecule has 0 saturated heterocycles. The standard InChI is InChI=1S/C48H31NO/c1-3-13-32(14-4-1)34-23-26-37(27-24-34)49(38-28-25-33-15-7-8-18-36(33)29-38)39-30-44(35-16-5-2-6-17-35)46-45(31-39)50-48-43-22-12-10-20-41(43)40-19-9-11-21-42(40)47(46)48/h1-31H. The van der Waals surface area contributed by atoms with Crippen LogP contribution < -0.4 is 4.90 Å². The fourth-order valence-electron chi connectivity index (χ4n) is 7.68. The van der Waals surface area contributed by atoms with Gasteiger partial charge in [0.1, 0.15) is 11.2 Å². The van der Waals surface area contributed by atoms with Crippen LogP contribution in [0, 0.1) is 0 Å². The van der Waals surface area contributed by atoms with Crippen LogP contribution in [-0.2, 0) is 0 Å². The van der Waals surface area contributed by atoms with Gasteiger partial charge in [-0.3, -0.25) is 0 Å². The van der Waals surface area contributed by atoms with E-state index in [2.05, 4.69) is 193 Å². The van der Waals surface area contributed by atoms with Gasteiger partial charge in [-0.1, -0.05) is 152 Å². The molecule has 0 unspecified atom stereocenters. The zero-order valence-corrected chi connectivity index (χ0v) is 27.3. The van der Waals surface area contributed by atoms with Crippen LogP contribution in [0.15, 0.2) is 192 Å². The summed E-state index contributed by atoms with van der Waals surface area (Å²) < 4.78 is 7.02. The van der Waals surface area contributed by atoms with Gasteiger partial charge >= 0.3 is 0 Å². The number of hydrogen-bond donors (Lipinski definition) is 0. The Morgan fingerprint density at radius 2 is 0.900 bits per heavy atom. The van der Waals surface area contributed by atoms with Crippen LogP contribution in [0.2, 0.25) is 0 Å². The van der Waals surface area contributed by atoms with Crippen LogP contribution in [0.4, 0.5) is 17.1 Å². The summed E-state index contributed by atoms with van der Waals surface area (Å²) in [5.74, 6) is 0. The Bertz CT molecular complexity index is 2850. The summed E-state index contributed by atoms with van der Waals surface area (Å²) in [6.45, 7) is 0. The number of benzene rings is 9. The molecule has 10 aromatic rings. The molecular formula is C48H31NO. The molecule has 0 bridgehead atoms. The van der Waals surface area contributed by atoms with Gasteiger partial charge in [0.25, 0.3) is 0 Å². The number of anilines is 3. The monoisotopic (exact) mass is 637 g/mol. The second kappa shape index (κ2) is 11.5. The van der Waals surface area contributed by atoms with Crippen LogP contribution in [0.25, 0.3) is 76.5 Å². The van der Waals surface area contributed by atoms with Gasteiger partial charge in [-0.15, -0.1) is 0 Å². The Morgan fingerprint density at radius 1 is 0.340 bits per heavy atom. The third-order valence-corrected chi connectivity index (χ3v) is 10.0. The van der Waals surface area contributed by atoms with Crippen LogP contribution in [0.1, 0.15) is 0 Å². The van der Waals surface area contributed by atoms with Gasteiger partial charge in [0.15, 0.2) is 0 Å². The van der Waals surface area contributed by atoms with Gasteiger partial charge in [-0.25, -0.2) is 0 Å². The lowest BCUT2D eigenvalue weighted by Crippen LogP contribution is -2.10. The van der Waals surface area contributed by atoms with E-state index in [9.17, 15) is 0 Å². The Balaban J connectivity index is 1.28. The highest BCUT2D eigenvalue weighted by Gasteiger charge is 2.22.